The summed E-state index contributed by atoms with van der Waals surface area (Å²) in [6.45, 7) is 8.32. The lowest BCUT2D eigenvalue weighted by Gasteiger charge is -2.26. The first-order valence-corrected chi connectivity index (χ1v) is 7.61. The summed E-state index contributed by atoms with van der Waals surface area (Å²) in [5.74, 6) is 0. The molecule has 1 fully saturated rings. The molecule has 0 saturated heterocycles. The molecule has 0 bridgehead atoms. The quantitative estimate of drug-likeness (QED) is 0.810. The summed E-state index contributed by atoms with van der Waals surface area (Å²) in [5.41, 5.74) is 3.53. The summed E-state index contributed by atoms with van der Waals surface area (Å²) < 4.78 is 0. The fourth-order valence-electron chi connectivity index (χ4n) is 2.66. The van der Waals surface area contributed by atoms with Crippen LogP contribution in [0.15, 0.2) is 18.2 Å². The van der Waals surface area contributed by atoms with Gasteiger partial charge in [-0.15, -0.1) is 0 Å². The van der Waals surface area contributed by atoms with Crippen LogP contribution in [-0.2, 0) is 0 Å². The van der Waals surface area contributed by atoms with Gasteiger partial charge in [-0.05, 0) is 50.8 Å². The van der Waals surface area contributed by atoms with Crippen LogP contribution in [0.1, 0.15) is 55.4 Å². The molecule has 2 rings (SSSR count). The first-order chi connectivity index (χ1) is 9.11. The number of aliphatic hydroxyl groups excluding tert-OH is 1. The van der Waals surface area contributed by atoms with E-state index in [9.17, 15) is 5.11 Å². The van der Waals surface area contributed by atoms with E-state index >= 15 is 0 Å². The minimum Gasteiger partial charge on any atom is -0.387 e. The highest BCUT2D eigenvalue weighted by molar-refractivity contribution is 5.32. The van der Waals surface area contributed by atoms with Crippen LogP contribution in [0.25, 0.3) is 0 Å². The van der Waals surface area contributed by atoms with Crippen LogP contribution in [0, 0.1) is 13.8 Å². The number of benzene rings is 1. The molecule has 1 aromatic carbocycles. The van der Waals surface area contributed by atoms with Gasteiger partial charge in [0.05, 0.1) is 6.10 Å². The van der Waals surface area contributed by atoms with Gasteiger partial charge in [-0.2, -0.15) is 0 Å². The van der Waals surface area contributed by atoms with Gasteiger partial charge in [-0.25, -0.2) is 0 Å². The summed E-state index contributed by atoms with van der Waals surface area (Å²) in [7, 11) is 0. The first-order valence-electron chi connectivity index (χ1n) is 7.61. The zero-order valence-corrected chi connectivity index (χ0v) is 12.5. The molecular formula is C17H27NO. The summed E-state index contributed by atoms with van der Waals surface area (Å²) in [6.07, 6.45) is 4.73. The smallest absolute Gasteiger partial charge is 0.0919 e. The summed E-state index contributed by atoms with van der Waals surface area (Å²) >= 11 is 0. The van der Waals surface area contributed by atoms with Gasteiger partial charge >= 0.3 is 0 Å². The normalized spacial score (nSPS) is 16.9. The van der Waals surface area contributed by atoms with Crippen LogP contribution < -0.4 is 0 Å². The number of nitrogens with zero attached hydrogens (tertiary/aromatic N) is 1. The van der Waals surface area contributed by atoms with E-state index < -0.39 is 0 Å². The number of hydrogen-bond donors (Lipinski definition) is 1. The van der Waals surface area contributed by atoms with Crippen molar-refractivity contribution in [3.63, 3.8) is 0 Å². The van der Waals surface area contributed by atoms with E-state index in [1.54, 1.807) is 0 Å². The zero-order valence-electron chi connectivity index (χ0n) is 12.5. The fraction of sp³-hybridized carbons (Fsp3) is 0.647. The van der Waals surface area contributed by atoms with Crippen LogP contribution in [0.5, 0.6) is 0 Å². The summed E-state index contributed by atoms with van der Waals surface area (Å²) in [5, 5.41) is 10.5. The lowest BCUT2D eigenvalue weighted by Crippen LogP contribution is -2.32. The maximum Gasteiger partial charge on any atom is 0.0919 e. The van der Waals surface area contributed by atoms with Gasteiger partial charge in [-0.3, -0.25) is 4.90 Å². The Hall–Kier alpha value is -0.860. The van der Waals surface area contributed by atoms with Crippen LogP contribution in [-0.4, -0.2) is 29.1 Å². The van der Waals surface area contributed by atoms with Gasteiger partial charge in [-0.1, -0.05) is 37.1 Å². The molecule has 1 N–H and O–H groups in total. The Morgan fingerprint density at radius 2 is 2.05 bits per heavy atom. The number of aryl methyl sites for hydroxylation is 2. The predicted octanol–water partition coefficient (Wildman–Crippen LogP) is 3.60. The maximum absolute atomic E-state index is 10.5. The molecule has 106 valence electrons. The van der Waals surface area contributed by atoms with Crippen LogP contribution in [0.4, 0.5) is 0 Å². The molecule has 1 aromatic rings. The number of unbranched alkanes of at least 4 members (excludes halogenated alkanes) is 1. The van der Waals surface area contributed by atoms with Gasteiger partial charge in [0.2, 0.25) is 0 Å². The second-order valence-electron chi connectivity index (χ2n) is 5.96. The van der Waals surface area contributed by atoms with E-state index in [4.69, 9.17) is 0 Å². The lowest BCUT2D eigenvalue weighted by molar-refractivity contribution is 0.107. The molecule has 1 aliphatic carbocycles. The standard InChI is InChI=1S/C17H27NO/c1-4-5-10-18(15-8-9-15)12-17(19)16-11-13(2)6-7-14(16)3/h6-7,11,15,17,19H,4-5,8-10,12H2,1-3H3. The molecule has 0 heterocycles. The molecule has 0 aromatic heterocycles. The van der Waals surface area contributed by atoms with Gasteiger partial charge in [0.15, 0.2) is 0 Å². The Kier molecular flexibility index (Phi) is 5.00. The van der Waals surface area contributed by atoms with Gasteiger partial charge in [0, 0.05) is 12.6 Å². The van der Waals surface area contributed by atoms with E-state index in [0.717, 1.165) is 24.7 Å². The molecule has 19 heavy (non-hydrogen) atoms. The second-order valence-corrected chi connectivity index (χ2v) is 5.96. The molecule has 2 nitrogen and oxygen atoms in total. The number of rotatable bonds is 7. The van der Waals surface area contributed by atoms with E-state index in [1.165, 1.54) is 36.8 Å². The third-order valence-corrected chi connectivity index (χ3v) is 4.06. The predicted molar refractivity (Wildman–Crippen MR) is 80.4 cm³/mol. The Morgan fingerprint density at radius 1 is 1.32 bits per heavy atom. The number of aliphatic hydroxyl groups is 1. The van der Waals surface area contributed by atoms with Crippen molar-refractivity contribution < 1.29 is 5.11 Å². The highest BCUT2D eigenvalue weighted by atomic mass is 16.3. The monoisotopic (exact) mass is 261 g/mol. The largest absolute Gasteiger partial charge is 0.387 e. The topological polar surface area (TPSA) is 23.5 Å². The molecule has 0 amide bonds. The molecule has 1 saturated carbocycles. The SMILES string of the molecule is CCCCN(CC(O)c1cc(C)ccc1C)C1CC1. The van der Waals surface area contributed by atoms with Crippen molar-refractivity contribution in [2.24, 2.45) is 0 Å². The molecule has 0 radical (unpaired) electrons. The minimum atomic E-state index is -0.350. The number of hydrogen-bond acceptors (Lipinski definition) is 2. The lowest BCUT2D eigenvalue weighted by atomic mass is 10.0. The average Bonchev–Trinajstić information content (AvgIpc) is 3.21. The van der Waals surface area contributed by atoms with Crippen molar-refractivity contribution in [1.29, 1.82) is 0 Å². The van der Waals surface area contributed by atoms with E-state index in [0.29, 0.717) is 0 Å². The van der Waals surface area contributed by atoms with Crippen molar-refractivity contribution in [2.75, 3.05) is 13.1 Å². The van der Waals surface area contributed by atoms with Crippen molar-refractivity contribution in [3.8, 4) is 0 Å². The second kappa shape index (κ2) is 6.53. The Morgan fingerprint density at radius 3 is 2.68 bits per heavy atom. The van der Waals surface area contributed by atoms with E-state index in [2.05, 4.69) is 43.9 Å². The zero-order chi connectivity index (χ0) is 13.8. The highest BCUT2D eigenvalue weighted by Gasteiger charge is 2.30. The minimum absolute atomic E-state index is 0.350. The first kappa shape index (κ1) is 14.5. The molecule has 0 aliphatic heterocycles. The molecular weight excluding hydrogens is 234 g/mol. The van der Waals surface area contributed by atoms with Gasteiger partial charge in [0.1, 0.15) is 0 Å². The van der Waals surface area contributed by atoms with Gasteiger partial charge < -0.3 is 5.11 Å². The van der Waals surface area contributed by atoms with Crippen molar-refractivity contribution in [2.45, 2.75) is 58.6 Å². The molecule has 2 heteroatoms. The van der Waals surface area contributed by atoms with Crippen LogP contribution >= 0.6 is 0 Å². The Balaban J connectivity index is 2.01. The average molecular weight is 261 g/mol. The van der Waals surface area contributed by atoms with Crippen LogP contribution in [0.3, 0.4) is 0 Å². The maximum atomic E-state index is 10.5. The third kappa shape index (κ3) is 4.05. The summed E-state index contributed by atoms with van der Waals surface area (Å²) in [6, 6.07) is 7.08. The van der Waals surface area contributed by atoms with E-state index in [1.807, 2.05) is 0 Å². The molecule has 1 aliphatic rings. The fourth-order valence-corrected chi connectivity index (χ4v) is 2.66. The third-order valence-electron chi connectivity index (χ3n) is 4.06. The summed E-state index contributed by atoms with van der Waals surface area (Å²) in [4.78, 5) is 2.48. The van der Waals surface area contributed by atoms with Crippen molar-refractivity contribution in [3.05, 3.63) is 34.9 Å². The Bertz CT molecular complexity index is 412. The molecule has 0 spiro atoms. The highest BCUT2D eigenvalue weighted by Crippen LogP contribution is 2.30. The van der Waals surface area contributed by atoms with Crippen molar-refractivity contribution in [1.82, 2.24) is 4.90 Å². The molecule has 1 atom stereocenters. The van der Waals surface area contributed by atoms with Gasteiger partial charge in [0.25, 0.3) is 0 Å². The van der Waals surface area contributed by atoms with Crippen LogP contribution in [0.2, 0.25) is 0 Å². The van der Waals surface area contributed by atoms with Crippen molar-refractivity contribution >= 4 is 0 Å². The van der Waals surface area contributed by atoms with E-state index in [-0.39, 0.29) is 6.10 Å². The molecule has 1 unspecified atom stereocenters. The Labute approximate surface area is 117 Å².